The highest BCUT2D eigenvalue weighted by atomic mass is 35.5. The summed E-state index contributed by atoms with van der Waals surface area (Å²) in [4.78, 5) is 23.6. The molecule has 0 saturated carbocycles. The average molecular weight is 594 g/mol. The summed E-state index contributed by atoms with van der Waals surface area (Å²) in [6, 6.07) is 3.80. The fourth-order valence-corrected chi connectivity index (χ4v) is 3.81. The number of aldehydes is 1. The van der Waals surface area contributed by atoms with Gasteiger partial charge in [-0.05, 0) is 48.4 Å². The third kappa shape index (κ3) is 8.87. The van der Waals surface area contributed by atoms with Crippen molar-refractivity contribution in [2.75, 3.05) is 13.1 Å². The number of hydrogen-bond donors (Lipinski definition) is 2. The molecule has 0 spiro atoms. The fraction of sp³-hybridized carbons (Fsp3) is 0.304. The molecule has 4 nitrogen and oxygen atoms in total. The third-order valence-corrected chi connectivity index (χ3v) is 6.15. The van der Waals surface area contributed by atoms with Crippen molar-refractivity contribution >= 4 is 52.8 Å². The summed E-state index contributed by atoms with van der Waals surface area (Å²) in [5, 5.41) is 3.54. The Morgan fingerprint density at radius 1 is 1.03 bits per heavy atom. The van der Waals surface area contributed by atoms with Crippen LogP contribution in [0.1, 0.15) is 33.0 Å². The quantitative estimate of drug-likeness (QED) is 0.186. The highest BCUT2D eigenvalue weighted by Gasteiger charge is 2.40. The van der Waals surface area contributed by atoms with Crippen LogP contribution >= 0.6 is 34.8 Å². The first-order valence-electron chi connectivity index (χ1n) is 10.3. The molecular formula is C23H18Cl3F7N2O2. The maximum atomic E-state index is 14.9. The van der Waals surface area contributed by atoms with Crippen LogP contribution in [0, 0.1) is 6.92 Å². The molecule has 202 valence electrons. The largest absolute Gasteiger partial charge is 0.401 e. The molecule has 0 saturated heterocycles. The molecule has 2 aromatic rings. The minimum atomic E-state index is -4.92. The first-order chi connectivity index (χ1) is 17.0. The van der Waals surface area contributed by atoms with Gasteiger partial charge in [0.05, 0.1) is 27.7 Å². The predicted octanol–water partition coefficient (Wildman–Crippen LogP) is 7.06. The minimum Gasteiger partial charge on any atom is -0.341 e. The smallest absolute Gasteiger partial charge is 0.341 e. The fourth-order valence-electron chi connectivity index (χ4n) is 3.19. The Morgan fingerprint density at radius 3 is 2.11 bits per heavy atom. The van der Waals surface area contributed by atoms with Crippen LogP contribution in [0.15, 0.2) is 36.4 Å². The Morgan fingerprint density at radius 2 is 1.62 bits per heavy atom. The molecule has 14 heteroatoms. The number of rotatable bonds is 9. The number of nitrogens with one attached hydrogen (secondary N) is 2. The van der Waals surface area contributed by atoms with Gasteiger partial charge < -0.3 is 15.4 Å². The van der Waals surface area contributed by atoms with Crippen LogP contribution in [0.5, 0.6) is 0 Å². The van der Waals surface area contributed by atoms with E-state index in [2.05, 4.69) is 5.32 Å². The average Bonchev–Trinajstić information content (AvgIpc) is 2.78. The summed E-state index contributed by atoms with van der Waals surface area (Å²) in [5.41, 5.74) is -0.669. The highest BCUT2D eigenvalue weighted by molar-refractivity contribution is 6.48. The van der Waals surface area contributed by atoms with Crippen molar-refractivity contribution in [1.29, 1.82) is 0 Å². The molecule has 0 aliphatic heterocycles. The van der Waals surface area contributed by atoms with E-state index in [4.69, 9.17) is 34.8 Å². The molecule has 2 N–H and O–H groups in total. The molecule has 0 aromatic heterocycles. The molecule has 2 aromatic carbocycles. The summed E-state index contributed by atoms with van der Waals surface area (Å²) in [5.74, 6) is -4.54. The summed E-state index contributed by atoms with van der Waals surface area (Å²) < 4.78 is 92.8. The Kier molecular flexibility index (Phi) is 10.4. The Balaban J connectivity index is 2.27. The van der Waals surface area contributed by atoms with E-state index in [0.717, 1.165) is 30.3 Å². The highest BCUT2D eigenvalue weighted by Crippen LogP contribution is 2.42. The van der Waals surface area contributed by atoms with Crippen LogP contribution in [0.3, 0.4) is 0 Å². The normalized spacial score (nSPS) is 14.3. The zero-order valence-electron chi connectivity index (χ0n) is 18.7. The van der Waals surface area contributed by atoms with Gasteiger partial charge in [-0.1, -0.05) is 40.9 Å². The van der Waals surface area contributed by atoms with E-state index in [9.17, 15) is 40.3 Å². The van der Waals surface area contributed by atoms with Crippen molar-refractivity contribution in [3.63, 3.8) is 0 Å². The standard InChI is InChI=1S/C23H18Cl3F7N2O2/c1-11-4-12(2-3-15(11)21(37)35-14(9-36)8-34-10-22(28,29)30)19(27)7-16(23(31,32)33)13-5-17(24)20(26)18(25)6-13/h2-7,9,14,16,34H,8,10H2,1H3,(H,35,37)/b19-7-. The maximum absolute atomic E-state index is 14.9. The van der Waals surface area contributed by atoms with Gasteiger partial charge in [0.15, 0.2) is 0 Å². The van der Waals surface area contributed by atoms with Crippen LogP contribution in [0.25, 0.3) is 5.83 Å². The summed E-state index contributed by atoms with van der Waals surface area (Å²) in [6.07, 6.45) is -8.88. The molecule has 0 aliphatic carbocycles. The van der Waals surface area contributed by atoms with E-state index in [0.29, 0.717) is 6.08 Å². The van der Waals surface area contributed by atoms with Gasteiger partial charge in [-0.2, -0.15) is 26.3 Å². The van der Waals surface area contributed by atoms with Gasteiger partial charge in [0, 0.05) is 17.7 Å². The number of allylic oxidation sites excluding steroid dienone is 1. The van der Waals surface area contributed by atoms with Crippen LogP contribution < -0.4 is 10.6 Å². The van der Waals surface area contributed by atoms with Crippen molar-refractivity contribution in [2.45, 2.75) is 31.2 Å². The molecule has 2 rings (SSSR count). The van der Waals surface area contributed by atoms with E-state index >= 15 is 0 Å². The molecule has 0 heterocycles. The van der Waals surface area contributed by atoms with Crippen LogP contribution in [-0.2, 0) is 4.79 Å². The molecule has 0 aliphatic rings. The number of halogens is 10. The summed E-state index contributed by atoms with van der Waals surface area (Å²) in [7, 11) is 0. The second kappa shape index (κ2) is 12.5. The second-order valence-corrected chi connectivity index (χ2v) is 9.02. The van der Waals surface area contributed by atoms with Gasteiger partial charge in [0.25, 0.3) is 5.91 Å². The number of aryl methyl sites for hydroxylation is 1. The van der Waals surface area contributed by atoms with Crippen molar-refractivity contribution in [3.05, 3.63) is 73.7 Å². The van der Waals surface area contributed by atoms with Crippen LogP contribution in [0.4, 0.5) is 30.7 Å². The molecule has 0 radical (unpaired) electrons. The Labute approximate surface area is 221 Å². The number of amides is 1. The SMILES string of the molecule is Cc1cc(/C(F)=C/C(c2cc(Cl)c(Cl)c(Cl)c2)C(F)(F)F)ccc1C(=O)NC(C=O)CNCC(F)(F)F. The van der Waals surface area contributed by atoms with Crippen LogP contribution in [0.2, 0.25) is 15.1 Å². The summed E-state index contributed by atoms with van der Waals surface area (Å²) >= 11 is 17.4. The lowest BCUT2D eigenvalue weighted by molar-refractivity contribution is -0.139. The molecule has 1 amide bonds. The van der Waals surface area contributed by atoms with Gasteiger partial charge in [-0.15, -0.1) is 0 Å². The minimum absolute atomic E-state index is 0.0668. The topological polar surface area (TPSA) is 58.2 Å². The van der Waals surface area contributed by atoms with Gasteiger partial charge in [-0.3, -0.25) is 4.79 Å². The van der Waals surface area contributed by atoms with E-state index in [1.54, 1.807) is 0 Å². The molecule has 0 bridgehead atoms. The van der Waals surface area contributed by atoms with Crippen LogP contribution in [-0.4, -0.2) is 43.7 Å². The number of hydrogen-bond acceptors (Lipinski definition) is 3. The second-order valence-electron chi connectivity index (χ2n) is 7.82. The number of carbonyl (C=O) groups excluding carboxylic acids is 2. The third-order valence-electron chi connectivity index (χ3n) is 4.95. The zero-order chi connectivity index (χ0) is 28.1. The lowest BCUT2D eigenvalue weighted by Crippen LogP contribution is -2.45. The van der Waals surface area contributed by atoms with E-state index < -0.39 is 54.7 Å². The van der Waals surface area contributed by atoms with E-state index in [-0.39, 0.29) is 38.0 Å². The van der Waals surface area contributed by atoms with Crippen molar-refractivity contribution in [3.8, 4) is 0 Å². The molecule has 0 fully saturated rings. The summed E-state index contributed by atoms with van der Waals surface area (Å²) in [6.45, 7) is -0.510. The number of alkyl halides is 6. The van der Waals surface area contributed by atoms with Crippen molar-refractivity contribution in [1.82, 2.24) is 10.6 Å². The van der Waals surface area contributed by atoms with Gasteiger partial charge >= 0.3 is 12.4 Å². The molecular weight excluding hydrogens is 576 g/mol. The molecule has 2 atom stereocenters. The zero-order valence-corrected chi connectivity index (χ0v) is 21.0. The maximum Gasteiger partial charge on any atom is 0.401 e. The van der Waals surface area contributed by atoms with E-state index in [1.807, 2.05) is 5.32 Å². The Bertz CT molecular complexity index is 1160. The monoisotopic (exact) mass is 592 g/mol. The lowest BCUT2D eigenvalue weighted by Gasteiger charge is -2.19. The number of carbonyl (C=O) groups is 2. The Hall–Kier alpha value is -2.34. The molecule has 2 unspecified atom stereocenters. The van der Waals surface area contributed by atoms with Crippen molar-refractivity contribution < 1.29 is 40.3 Å². The number of benzene rings is 2. The molecule has 37 heavy (non-hydrogen) atoms. The lowest BCUT2D eigenvalue weighted by atomic mass is 9.95. The first kappa shape index (κ1) is 30.9. The van der Waals surface area contributed by atoms with E-state index in [1.165, 1.54) is 6.92 Å². The van der Waals surface area contributed by atoms with Gasteiger partial charge in [0.1, 0.15) is 18.0 Å². The predicted molar refractivity (Wildman–Crippen MR) is 127 cm³/mol. The first-order valence-corrected chi connectivity index (χ1v) is 11.4. The van der Waals surface area contributed by atoms with Gasteiger partial charge in [-0.25, -0.2) is 4.39 Å². The van der Waals surface area contributed by atoms with Gasteiger partial charge in [0.2, 0.25) is 0 Å². The van der Waals surface area contributed by atoms with Crippen molar-refractivity contribution in [2.24, 2.45) is 0 Å².